The number of nitrogens with zero attached hydrogens (tertiary/aromatic N) is 2. The minimum absolute atomic E-state index is 0.216. The number of rotatable bonds is 3. The number of halogens is 5. The Morgan fingerprint density at radius 3 is 2.21 bits per heavy atom. The van der Waals surface area contributed by atoms with Gasteiger partial charge in [0.1, 0.15) is 11.6 Å². The number of nitrogens with one attached hydrogen (secondary N) is 1. The van der Waals surface area contributed by atoms with Crippen LogP contribution in [0.15, 0.2) is 67.0 Å². The second kappa shape index (κ2) is 7.33. The highest BCUT2D eigenvalue weighted by molar-refractivity contribution is 6.30. The first-order valence-corrected chi connectivity index (χ1v) is 8.85. The Hall–Kier alpha value is -3.19. The summed E-state index contributed by atoms with van der Waals surface area (Å²) in [6, 6.07) is 12.9. The Morgan fingerprint density at radius 1 is 0.862 bits per heavy atom. The van der Waals surface area contributed by atoms with Crippen molar-refractivity contribution in [1.82, 2.24) is 15.0 Å². The highest BCUT2D eigenvalue weighted by atomic mass is 35.5. The van der Waals surface area contributed by atoms with Gasteiger partial charge in [-0.3, -0.25) is 4.98 Å². The van der Waals surface area contributed by atoms with Crippen LogP contribution in [0.5, 0.6) is 0 Å². The molecule has 1 N–H and O–H groups in total. The molecule has 3 nitrogen and oxygen atoms in total. The molecule has 146 valence electrons. The molecule has 0 fully saturated rings. The Morgan fingerprint density at radius 2 is 1.55 bits per heavy atom. The Kier molecular flexibility index (Phi) is 4.84. The first kappa shape index (κ1) is 19.1. The summed E-state index contributed by atoms with van der Waals surface area (Å²) < 4.78 is 54.9. The maximum absolute atomic E-state index is 14.5. The lowest BCUT2D eigenvalue weighted by Gasteiger charge is -2.11. The highest BCUT2D eigenvalue weighted by Crippen LogP contribution is 2.40. The summed E-state index contributed by atoms with van der Waals surface area (Å²) in [6.07, 6.45) is -1.64. The maximum atomic E-state index is 14.5. The number of hydrogen-bond donors (Lipinski definition) is 1. The number of imidazole rings is 1. The molecule has 0 radical (unpaired) electrons. The minimum atomic E-state index is -4.73. The minimum Gasteiger partial charge on any atom is -0.337 e. The second-order valence-electron chi connectivity index (χ2n) is 6.21. The summed E-state index contributed by atoms with van der Waals surface area (Å²) in [7, 11) is 0. The van der Waals surface area contributed by atoms with Gasteiger partial charge in [0.25, 0.3) is 0 Å². The van der Waals surface area contributed by atoms with Gasteiger partial charge in [-0.1, -0.05) is 29.8 Å². The van der Waals surface area contributed by atoms with E-state index < -0.39 is 23.1 Å². The van der Waals surface area contributed by atoms with Gasteiger partial charge in [0.05, 0.1) is 22.5 Å². The van der Waals surface area contributed by atoms with Gasteiger partial charge in [0, 0.05) is 28.5 Å². The number of aromatic nitrogens is 3. The Bertz CT molecular complexity index is 1150. The Labute approximate surface area is 168 Å². The monoisotopic (exact) mass is 417 g/mol. The van der Waals surface area contributed by atoms with Crippen molar-refractivity contribution in [2.75, 3.05) is 0 Å². The molecule has 0 saturated carbocycles. The van der Waals surface area contributed by atoms with Crippen LogP contribution < -0.4 is 0 Å². The highest BCUT2D eigenvalue weighted by Gasteiger charge is 2.36. The van der Waals surface area contributed by atoms with Crippen molar-refractivity contribution >= 4 is 11.6 Å². The molecule has 4 aromatic rings. The molecule has 0 unspecified atom stereocenters. The average Bonchev–Trinajstić information content (AvgIpc) is 3.13. The molecule has 0 aliphatic rings. The first-order valence-electron chi connectivity index (χ1n) is 8.47. The first-order chi connectivity index (χ1) is 13.8. The molecule has 0 spiro atoms. The van der Waals surface area contributed by atoms with Crippen LogP contribution in [0.4, 0.5) is 17.6 Å². The van der Waals surface area contributed by atoms with Crippen LogP contribution in [0.25, 0.3) is 33.9 Å². The van der Waals surface area contributed by atoms with Gasteiger partial charge in [-0.25, -0.2) is 9.37 Å². The van der Waals surface area contributed by atoms with Gasteiger partial charge >= 0.3 is 6.18 Å². The molecule has 2 heterocycles. The average molecular weight is 418 g/mol. The van der Waals surface area contributed by atoms with Crippen molar-refractivity contribution in [3.63, 3.8) is 0 Å². The fourth-order valence-electron chi connectivity index (χ4n) is 3.04. The molecule has 0 bridgehead atoms. The molecule has 29 heavy (non-hydrogen) atoms. The lowest BCUT2D eigenvalue weighted by Crippen LogP contribution is -2.09. The van der Waals surface area contributed by atoms with Crippen LogP contribution in [0, 0.1) is 5.82 Å². The van der Waals surface area contributed by atoms with E-state index >= 15 is 0 Å². The summed E-state index contributed by atoms with van der Waals surface area (Å²) in [5.41, 5.74) is 0.355. The largest absolute Gasteiger partial charge is 0.417 e. The van der Waals surface area contributed by atoms with Crippen molar-refractivity contribution in [1.29, 1.82) is 0 Å². The molecule has 0 aliphatic carbocycles. The third kappa shape index (κ3) is 3.73. The fourth-order valence-corrected chi connectivity index (χ4v) is 3.16. The molecule has 2 aromatic heterocycles. The molecule has 8 heteroatoms. The van der Waals surface area contributed by atoms with Crippen LogP contribution in [0.2, 0.25) is 5.02 Å². The van der Waals surface area contributed by atoms with E-state index in [1.807, 2.05) is 0 Å². The van der Waals surface area contributed by atoms with Crippen LogP contribution >= 0.6 is 11.6 Å². The fraction of sp³-hybridized carbons (Fsp3) is 0.0476. The van der Waals surface area contributed by atoms with Gasteiger partial charge < -0.3 is 4.98 Å². The molecule has 0 atom stereocenters. The van der Waals surface area contributed by atoms with Crippen LogP contribution in [0.1, 0.15) is 5.56 Å². The van der Waals surface area contributed by atoms with E-state index in [4.69, 9.17) is 11.6 Å². The van der Waals surface area contributed by atoms with Crippen molar-refractivity contribution in [2.24, 2.45) is 0 Å². The number of benzene rings is 2. The van der Waals surface area contributed by atoms with Gasteiger partial charge in [-0.2, -0.15) is 13.2 Å². The van der Waals surface area contributed by atoms with Crippen LogP contribution in [-0.4, -0.2) is 15.0 Å². The van der Waals surface area contributed by atoms with E-state index in [1.54, 1.807) is 48.8 Å². The number of H-pyrrole nitrogens is 1. The number of hydrogen-bond acceptors (Lipinski definition) is 2. The number of alkyl halides is 3. The SMILES string of the molecule is Fc1cccc(C(F)(F)F)c1-c1nc(-c2ccc(Cl)cc2)c(-c2ccncc2)[nH]1. The van der Waals surface area contributed by atoms with Gasteiger partial charge in [0.15, 0.2) is 0 Å². The third-order valence-corrected chi connectivity index (χ3v) is 4.60. The molecular formula is C21H12ClF4N3. The Balaban J connectivity index is 1.98. The van der Waals surface area contributed by atoms with E-state index in [0.29, 0.717) is 27.5 Å². The third-order valence-electron chi connectivity index (χ3n) is 4.35. The zero-order valence-electron chi connectivity index (χ0n) is 14.6. The van der Waals surface area contributed by atoms with E-state index in [9.17, 15) is 17.6 Å². The summed E-state index contributed by atoms with van der Waals surface area (Å²) >= 11 is 5.94. The predicted octanol–water partition coefficient (Wildman–Crippen LogP) is 6.62. The standard InChI is InChI=1S/C21H12ClF4N3/c22-14-6-4-12(5-7-14)18-19(13-8-10-27-11-9-13)29-20(28-18)17-15(21(24,25)26)2-1-3-16(17)23/h1-11H,(H,28,29). The van der Waals surface area contributed by atoms with E-state index in [0.717, 1.165) is 18.2 Å². The zero-order chi connectivity index (χ0) is 20.6. The maximum Gasteiger partial charge on any atom is 0.417 e. The van der Waals surface area contributed by atoms with Gasteiger partial charge in [0.2, 0.25) is 0 Å². The summed E-state index contributed by atoms with van der Waals surface area (Å²) in [4.78, 5) is 11.2. The van der Waals surface area contributed by atoms with Crippen molar-refractivity contribution in [3.8, 4) is 33.9 Å². The lowest BCUT2D eigenvalue weighted by atomic mass is 10.1. The van der Waals surface area contributed by atoms with Gasteiger partial charge in [-0.05, 0) is 36.4 Å². The van der Waals surface area contributed by atoms with E-state index in [1.165, 1.54) is 0 Å². The van der Waals surface area contributed by atoms with E-state index in [2.05, 4.69) is 15.0 Å². The molecule has 2 aromatic carbocycles. The summed E-state index contributed by atoms with van der Waals surface area (Å²) in [6.45, 7) is 0. The molecule has 0 aliphatic heterocycles. The second-order valence-corrected chi connectivity index (χ2v) is 6.65. The molecule has 0 saturated heterocycles. The van der Waals surface area contributed by atoms with Crippen molar-refractivity contribution in [3.05, 3.63) is 83.4 Å². The quantitative estimate of drug-likeness (QED) is 0.381. The molecule has 4 rings (SSSR count). The van der Waals surface area contributed by atoms with Gasteiger partial charge in [-0.15, -0.1) is 0 Å². The number of aromatic amines is 1. The van der Waals surface area contributed by atoms with E-state index in [-0.39, 0.29) is 5.82 Å². The van der Waals surface area contributed by atoms with Crippen LogP contribution in [-0.2, 0) is 6.18 Å². The lowest BCUT2D eigenvalue weighted by molar-refractivity contribution is -0.137. The zero-order valence-corrected chi connectivity index (χ0v) is 15.4. The van der Waals surface area contributed by atoms with Crippen LogP contribution in [0.3, 0.4) is 0 Å². The molecule has 0 amide bonds. The molecular weight excluding hydrogens is 406 g/mol. The predicted molar refractivity (Wildman–Crippen MR) is 103 cm³/mol. The van der Waals surface area contributed by atoms with Crippen molar-refractivity contribution < 1.29 is 17.6 Å². The topological polar surface area (TPSA) is 41.6 Å². The summed E-state index contributed by atoms with van der Waals surface area (Å²) in [5.74, 6) is -1.23. The summed E-state index contributed by atoms with van der Waals surface area (Å²) in [5, 5.41) is 0.503. The van der Waals surface area contributed by atoms with Crippen molar-refractivity contribution in [2.45, 2.75) is 6.18 Å². The number of pyridine rings is 1. The smallest absolute Gasteiger partial charge is 0.337 e. The normalized spacial score (nSPS) is 11.6.